The number of halogens is 4. The molecular formula is C30H22F4N2Ti. The first-order valence-electron chi connectivity index (χ1n) is 12.0. The van der Waals surface area contributed by atoms with E-state index in [-0.39, 0.29) is 19.1 Å². The summed E-state index contributed by atoms with van der Waals surface area (Å²) < 4.78 is 69.5. The van der Waals surface area contributed by atoms with Crippen LogP contribution < -0.4 is 7.74 Å². The first-order valence-corrected chi connectivity index (χ1v) is 15.1. The van der Waals surface area contributed by atoms with E-state index in [1.807, 2.05) is 12.2 Å². The van der Waals surface area contributed by atoms with Crippen molar-refractivity contribution >= 4 is 7.74 Å². The molecule has 184 valence electrons. The van der Waals surface area contributed by atoms with E-state index in [0.717, 1.165) is 0 Å². The minimum absolute atomic E-state index is 0.136. The molecule has 0 N–H and O–H groups in total. The molecule has 0 spiro atoms. The molecule has 2 aliphatic carbocycles. The van der Waals surface area contributed by atoms with E-state index in [4.69, 9.17) is 0 Å². The molecule has 37 heavy (non-hydrogen) atoms. The van der Waals surface area contributed by atoms with Gasteiger partial charge in [0.25, 0.3) is 0 Å². The molecule has 2 heterocycles. The second-order valence-corrected chi connectivity index (χ2v) is 15.0. The van der Waals surface area contributed by atoms with Crippen LogP contribution in [0.3, 0.4) is 0 Å². The van der Waals surface area contributed by atoms with Crippen molar-refractivity contribution in [2.24, 2.45) is 0 Å². The summed E-state index contributed by atoms with van der Waals surface area (Å²) in [4.78, 5) is 0. The maximum atomic E-state index is 16.7. The molecule has 2 aliphatic rings. The van der Waals surface area contributed by atoms with Gasteiger partial charge in [-0.2, -0.15) is 0 Å². The Balaban J connectivity index is 1.76. The van der Waals surface area contributed by atoms with Crippen molar-refractivity contribution in [1.29, 1.82) is 0 Å². The van der Waals surface area contributed by atoms with Gasteiger partial charge in [0.15, 0.2) is 0 Å². The fourth-order valence-electron chi connectivity index (χ4n) is 5.58. The van der Waals surface area contributed by atoms with Crippen molar-refractivity contribution in [1.82, 2.24) is 9.13 Å². The summed E-state index contributed by atoms with van der Waals surface area (Å²) in [6.45, 7) is 0. The average molecular weight is 534 g/mol. The van der Waals surface area contributed by atoms with E-state index in [0.29, 0.717) is 20.6 Å². The van der Waals surface area contributed by atoms with Gasteiger partial charge < -0.3 is 0 Å². The molecule has 0 fully saturated rings. The Hall–Kier alpha value is -3.61. The quantitative estimate of drug-likeness (QED) is 0.195. The summed E-state index contributed by atoms with van der Waals surface area (Å²) in [6.07, 6.45) is 18.3. The number of rotatable bonds is 6. The van der Waals surface area contributed by atoms with Crippen molar-refractivity contribution in [2.75, 3.05) is 0 Å². The molecule has 0 bridgehead atoms. The summed E-state index contributed by atoms with van der Waals surface area (Å²) in [7, 11) is 0. The molecule has 4 aromatic rings. The molecule has 7 heteroatoms. The van der Waals surface area contributed by atoms with Crippen LogP contribution in [0.5, 0.6) is 0 Å². The zero-order chi connectivity index (χ0) is 25.6. The third kappa shape index (κ3) is 3.66. The van der Waals surface area contributed by atoms with Crippen LogP contribution >= 0.6 is 0 Å². The van der Waals surface area contributed by atoms with Crippen molar-refractivity contribution in [2.45, 2.75) is 12.8 Å². The van der Waals surface area contributed by atoms with Gasteiger partial charge in [0.1, 0.15) is 0 Å². The Labute approximate surface area is 215 Å². The molecule has 0 unspecified atom stereocenters. The molecule has 0 atom stereocenters. The fourth-order valence-corrected chi connectivity index (χ4v) is 13.8. The van der Waals surface area contributed by atoms with Crippen LogP contribution in [0.15, 0.2) is 118 Å². The number of benzene rings is 2. The van der Waals surface area contributed by atoms with Gasteiger partial charge in [0, 0.05) is 0 Å². The second kappa shape index (κ2) is 9.36. The van der Waals surface area contributed by atoms with E-state index < -0.39 is 39.9 Å². The summed E-state index contributed by atoms with van der Waals surface area (Å²) in [5.74, 6) is -3.16. The van der Waals surface area contributed by atoms with Gasteiger partial charge in [0.05, 0.1) is 0 Å². The molecule has 2 aromatic carbocycles. The van der Waals surface area contributed by atoms with Crippen LogP contribution in [-0.4, -0.2) is 9.13 Å². The van der Waals surface area contributed by atoms with Crippen LogP contribution in [0, 0.1) is 23.3 Å². The molecular weight excluding hydrogens is 512 g/mol. The number of hydrogen-bond donors (Lipinski definition) is 0. The molecule has 6 rings (SSSR count). The third-order valence-corrected chi connectivity index (χ3v) is 15.1. The standard InChI is InChI=1S/2C10H6F2N.2C5H5.Ti/c2*11-8-3-4-10(9(12)7-8)13-5-1-2-6-13;2*1-2-4-5-3-1;/h2*1-6H;2*1-3H,4H2;. The number of allylic oxidation sites excluding steroid dienone is 8. The molecule has 0 saturated carbocycles. The van der Waals surface area contributed by atoms with Crippen molar-refractivity contribution < 1.29 is 34.2 Å². The van der Waals surface area contributed by atoms with Crippen LogP contribution in [0.2, 0.25) is 0 Å². The normalized spacial score (nSPS) is 14.9. The molecule has 0 saturated heterocycles. The summed E-state index contributed by atoms with van der Waals surface area (Å²) in [6, 6.07) is 12.1. The van der Waals surface area contributed by atoms with E-state index >= 15 is 17.6 Å². The maximum absolute atomic E-state index is 16.7. The van der Waals surface area contributed by atoms with E-state index in [1.54, 1.807) is 82.5 Å². The third-order valence-electron chi connectivity index (χ3n) is 7.16. The first kappa shape index (κ1) is 23.8. The van der Waals surface area contributed by atoms with Gasteiger partial charge in [-0.05, 0) is 0 Å². The summed E-state index contributed by atoms with van der Waals surface area (Å²) in [5, 5.41) is 0. The van der Waals surface area contributed by atoms with Gasteiger partial charge in [-0.1, -0.05) is 0 Å². The van der Waals surface area contributed by atoms with Gasteiger partial charge in [0.2, 0.25) is 0 Å². The van der Waals surface area contributed by atoms with Crippen molar-refractivity contribution in [3.63, 3.8) is 0 Å². The van der Waals surface area contributed by atoms with Gasteiger partial charge >= 0.3 is 216 Å². The van der Waals surface area contributed by atoms with Crippen LogP contribution in [0.4, 0.5) is 17.6 Å². The van der Waals surface area contributed by atoms with E-state index in [9.17, 15) is 0 Å². The monoisotopic (exact) mass is 534 g/mol. The molecule has 2 nitrogen and oxygen atoms in total. The average Bonchev–Trinajstić information content (AvgIpc) is 3.71. The first-order chi connectivity index (χ1) is 18.0. The Morgan fingerprint density at radius 1 is 0.568 bits per heavy atom. The number of hydrogen-bond acceptors (Lipinski definition) is 0. The van der Waals surface area contributed by atoms with Crippen molar-refractivity contribution in [3.8, 4) is 11.4 Å². The zero-order valence-electron chi connectivity index (χ0n) is 19.7. The Morgan fingerprint density at radius 2 is 0.973 bits per heavy atom. The van der Waals surface area contributed by atoms with E-state index in [2.05, 4.69) is 0 Å². The zero-order valence-corrected chi connectivity index (χ0v) is 21.3. The Morgan fingerprint density at radius 3 is 1.32 bits per heavy atom. The van der Waals surface area contributed by atoms with Gasteiger partial charge in [-0.3, -0.25) is 0 Å². The Bertz CT molecular complexity index is 1490. The molecule has 0 radical (unpaired) electrons. The fraction of sp³-hybridized carbons (Fsp3) is 0.0667. The predicted octanol–water partition coefficient (Wildman–Crippen LogP) is 6.62. The van der Waals surface area contributed by atoms with E-state index in [1.165, 1.54) is 24.3 Å². The summed E-state index contributed by atoms with van der Waals surface area (Å²) in [5.41, 5.74) is 0.272. The SMILES string of the molecule is Fc1ccc(-n2cccc2)c(F)[c]1[Ti]([C]1=CC=CC1)([C]1=CC=CC1)[c]1c(F)ccc(-n2cccc2)c1F. The van der Waals surface area contributed by atoms with Crippen LogP contribution in [0.25, 0.3) is 11.4 Å². The predicted molar refractivity (Wildman–Crippen MR) is 134 cm³/mol. The summed E-state index contributed by atoms with van der Waals surface area (Å²) >= 11 is -4.85. The topological polar surface area (TPSA) is 9.86 Å². The van der Waals surface area contributed by atoms with Gasteiger partial charge in [-0.15, -0.1) is 0 Å². The number of nitrogens with zero attached hydrogens (tertiary/aromatic N) is 2. The number of aromatic nitrogens is 2. The minimum atomic E-state index is -4.85. The Kier molecular flexibility index (Phi) is 6.02. The van der Waals surface area contributed by atoms with Crippen LogP contribution in [0.1, 0.15) is 12.8 Å². The molecule has 0 aliphatic heterocycles. The van der Waals surface area contributed by atoms with Crippen LogP contribution in [-0.2, 0) is 16.6 Å². The molecule has 2 aromatic heterocycles. The van der Waals surface area contributed by atoms with Gasteiger partial charge in [-0.25, -0.2) is 0 Å². The second-order valence-electron chi connectivity index (χ2n) is 9.09. The molecule has 0 amide bonds. The van der Waals surface area contributed by atoms with Crippen molar-refractivity contribution in [3.05, 3.63) is 141 Å².